The predicted molar refractivity (Wildman–Crippen MR) is 91.2 cm³/mol. The van der Waals surface area contributed by atoms with E-state index in [1.165, 1.54) is 19.3 Å². The Morgan fingerprint density at radius 2 is 1.91 bits per heavy atom. The maximum atomic E-state index is 12.7. The number of rotatable bonds is 4. The van der Waals surface area contributed by atoms with Gasteiger partial charge in [-0.05, 0) is 24.8 Å². The van der Waals surface area contributed by atoms with Gasteiger partial charge >= 0.3 is 0 Å². The standard InChI is InChI=1S/C17H29N5O/c1-20-13-15(12-19-20)21-7-9-22(10-8-21)16(23)11-17(14-18)5-3-2-4-6-17/h12-13H,2-11,14,18H2,1H3. The zero-order chi connectivity index (χ0) is 16.3. The molecule has 1 saturated carbocycles. The fraction of sp³-hybridized carbons (Fsp3) is 0.765. The first-order valence-corrected chi connectivity index (χ1v) is 8.83. The second-order valence-corrected chi connectivity index (χ2v) is 7.18. The SMILES string of the molecule is Cn1cc(N2CCN(C(=O)CC3(CN)CCCCC3)CC2)cn1. The number of aryl methyl sites for hydroxylation is 1. The van der Waals surface area contributed by atoms with Gasteiger partial charge in [-0.2, -0.15) is 5.10 Å². The number of aromatic nitrogens is 2. The maximum Gasteiger partial charge on any atom is 0.223 e. The number of anilines is 1. The molecular weight excluding hydrogens is 290 g/mol. The molecule has 1 aromatic heterocycles. The van der Waals surface area contributed by atoms with Gasteiger partial charge in [0.1, 0.15) is 0 Å². The van der Waals surface area contributed by atoms with E-state index in [2.05, 4.69) is 10.00 Å². The van der Waals surface area contributed by atoms with E-state index in [0.29, 0.717) is 18.9 Å². The minimum Gasteiger partial charge on any atom is -0.365 e. The third-order valence-corrected chi connectivity index (χ3v) is 5.56. The van der Waals surface area contributed by atoms with Gasteiger partial charge in [-0.25, -0.2) is 0 Å². The van der Waals surface area contributed by atoms with Crippen molar-refractivity contribution < 1.29 is 4.79 Å². The van der Waals surface area contributed by atoms with Crippen molar-refractivity contribution in [1.29, 1.82) is 0 Å². The van der Waals surface area contributed by atoms with Gasteiger partial charge in [-0.3, -0.25) is 9.48 Å². The summed E-state index contributed by atoms with van der Waals surface area (Å²) in [6.45, 7) is 4.01. The lowest BCUT2D eigenvalue weighted by molar-refractivity contribution is -0.134. The molecule has 0 radical (unpaired) electrons. The van der Waals surface area contributed by atoms with Crippen LogP contribution in [0, 0.1) is 5.41 Å². The summed E-state index contributed by atoms with van der Waals surface area (Å²) in [4.78, 5) is 17.0. The Balaban J connectivity index is 1.53. The van der Waals surface area contributed by atoms with Crippen LogP contribution in [-0.2, 0) is 11.8 Å². The number of amides is 1. The highest BCUT2D eigenvalue weighted by atomic mass is 16.2. The fourth-order valence-electron chi connectivity index (χ4n) is 3.97. The summed E-state index contributed by atoms with van der Waals surface area (Å²) in [6, 6.07) is 0. The summed E-state index contributed by atoms with van der Waals surface area (Å²) >= 11 is 0. The highest BCUT2D eigenvalue weighted by molar-refractivity contribution is 5.77. The van der Waals surface area contributed by atoms with Gasteiger partial charge in [0.05, 0.1) is 11.9 Å². The Morgan fingerprint density at radius 3 is 2.48 bits per heavy atom. The zero-order valence-corrected chi connectivity index (χ0v) is 14.2. The van der Waals surface area contributed by atoms with Gasteiger partial charge in [0, 0.05) is 45.8 Å². The van der Waals surface area contributed by atoms with Crippen molar-refractivity contribution in [1.82, 2.24) is 14.7 Å². The van der Waals surface area contributed by atoms with Crippen LogP contribution in [0.25, 0.3) is 0 Å². The summed E-state index contributed by atoms with van der Waals surface area (Å²) < 4.78 is 1.82. The maximum absolute atomic E-state index is 12.7. The van der Waals surface area contributed by atoms with Crippen LogP contribution >= 0.6 is 0 Å². The number of carbonyl (C=O) groups is 1. The summed E-state index contributed by atoms with van der Waals surface area (Å²) in [7, 11) is 1.93. The van der Waals surface area contributed by atoms with Crippen molar-refractivity contribution in [3.63, 3.8) is 0 Å². The summed E-state index contributed by atoms with van der Waals surface area (Å²) in [5.41, 5.74) is 7.24. The Bertz CT molecular complexity index is 527. The molecule has 1 saturated heterocycles. The van der Waals surface area contributed by atoms with E-state index in [9.17, 15) is 4.79 Å². The quantitative estimate of drug-likeness (QED) is 0.910. The van der Waals surface area contributed by atoms with Gasteiger partial charge < -0.3 is 15.5 Å². The first kappa shape index (κ1) is 16.3. The molecule has 2 N–H and O–H groups in total. The van der Waals surface area contributed by atoms with Crippen LogP contribution in [0.15, 0.2) is 12.4 Å². The molecule has 2 fully saturated rings. The molecule has 1 aliphatic carbocycles. The molecule has 1 aliphatic heterocycles. The average Bonchev–Trinajstić information content (AvgIpc) is 3.02. The van der Waals surface area contributed by atoms with Crippen molar-refractivity contribution in [3.05, 3.63) is 12.4 Å². The molecule has 0 aromatic carbocycles. The third-order valence-electron chi connectivity index (χ3n) is 5.56. The second kappa shape index (κ2) is 6.91. The molecule has 1 aromatic rings. The van der Waals surface area contributed by atoms with E-state index >= 15 is 0 Å². The van der Waals surface area contributed by atoms with Gasteiger partial charge in [-0.15, -0.1) is 0 Å². The van der Waals surface area contributed by atoms with E-state index in [-0.39, 0.29) is 5.41 Å². The number of carbonyl (C=O) groups excluding carboxylic acids is 1. The fourth-order valence-corrected chi connectivity index (χ4v) is 3.97. The molecule has 6 nitrogen and oxygen atoms in total. The topological polar surface area (TPSA) is 67.4 Å². The minimum atomic E-state index is 0.0653. The number of hydrogen-bond donors (Lipinski definition) is 1. The molecule has 0 atom stereocenters. The van der Waals surface area contributed by atoms with E-state index in [4.69, 9.17) is 5.73 Å². The van der Waals surface area contributed by atoms with Crippen LogP contribution in [0.5, 0.6) is 0 Å². The van der Waals surface area contributed by atoms with Gasteiger partial charge in [-0.1, -0.05) is 19.3 Å². The Kier molecular flexibility index (Phi) is 4.90. The van der Waals surface area contributed by atoms with Crippen LogP contribution < -0.4 is 10.6 Å². The molecule has 2 aliphatic rings. The Labute approximate surface area is 138 Å². The molecule has 128 valence electrons. The zero-order valence-electron chi connectivity index (χ0n) is 14.2. The van der Waals surface area contributed by atoms with E-state index in [0.717, 1.165) is 44.7 Å². The highest BCUT2D eigenvalue weighted by Crippen LogP contribution is 2.38. The number of nitrogens with two attached hydrogens (primary N) is 1. The lowest BCUT2D eigenvalue weighted by atomic mass is 9.71. The lowest BCUT2D eigenvalue weighted by Crippen LogP contribution is -2.50. The van der Waals surface area contributed by atoms with Crippen LogP contribution in [0.4, 0.5) is 5.69 Å². The third kappa shape index (κ3) is 3.68. The van der Waals surface area contributed by atoms with Crippen LogP contribution in [0.2, 0.25) is 0 Å². The molecule has 2 heterocycles. The Morgan fingerprint density at radius 1 is 1.22 bits per heavy atom. The monoisotopic (exact) mass is 319 g/mol. The molecule has 1 amide bonds. The smallest absolute Gasteiger partial charge is 0.223 e. The molecule has 0 spiro atoms. The lowest BCUT2D eigenvalue weighted by Gasteiger charge is -2.40. The van der Waals surface area contributed by atoms with Crippen LogP contribution in [0.3, 0.4) is 0 Å². The number of hydrogen-bond acceptors (Lipinski definition) is 4. The summed E-state index contributed by atoms with van der Waals surface area (Å²) in [5, 5.41) is 4.22. The number of piperazine rings is 1. The highest BCUT2D eigenvalue weighted by Gasteiger charge is 2.35. The molecule has 3 rings (SSSR count). The summed E-state index contributed by atoms with van der Waals surface area (Å²) in [6.07, 6.45) is 10.5. The Hall–Kier alpha value is -1.56. The van der Waals surface area contributed by atoms with Crippen molar-refractivity contribution >= 4 is 11.6 Å². The van der Waals surface area contributed by atoms with Crippen LogP contribution in [-0.4, -0.2) is 53.3 Å². The van der Waals surface area contributed by atoms with Gasteiger partial charge in [0.2, 0.25) is 5.91 Å². The first-order chi connectivity index (χ1) is 11.1. The minimum absolute atomic E-state index is 0.0653. The molecular formula is C17H29N5O. The van der Waals surface area contributed by atoms with Crippen molar-refractivity contribution in [2.24, 2.45) is 18.2 Å². The second-order valence-electron chi connectivity index (χ2n) is 7.18. The van der Waals surface area contributed by atoms with E-state index in [1.807, 2.05) is 29.0 Å². The molecule has 6 heteroatoms. The van der Waals surface area contributed by atoms with Gasteiger partial charge in [0.15, 0.2) is 0 Å². The van der Waals surface area contributed by atoms with Crippen molar-refractivity contribution in [3.8, 4) is 0 Å². The first-order valence-electron chi connectivity index (χ1n) is 8.83. The van der Waals surface area contributed by atoms with Gasteiger partial charge in [0.25, 0.3) is 0 Å². The largest absolute Gasteiger partial charge is 0.365 e. The predicted octanol–water partition coefficient (Wildman–Crippen LogP) is 1.37. The molecule has 23 heavy (non-hydrogen) atoms. The molecule has 0 bridgehead atoms. The molecule has 0 unspecified atom stereocenters. The van der Waals surface area contributed by atoms with Crippen molar-refractivity contribution in [2.75, 3.05) is 37.6 Å². The number of nitrogens with zero attached hydrogens (tertiary/aromatic N) is 4. The van der Waals surface area contributed by atoms with Crippen molar-refractivity contribution in [2.45, 2.75) is 38.5 Å². The summed E-state index contributed by atoms with van der Waals surface area (Å²) in [5.74, 6) is 0.295. The van der Waals surface area contributed by atoms with E-state index < -0.39 is 0 Å². The van der Waals surface area contributed by atoms with E-state index in [1.54, 1.807) is 0 Å². The van der Waals surface area contributed by atoms with Crippen LogP contribution in [0.1, 0.15) is 38.5 Å². The normalized spacial score (nSPS) is 21.5. The average molecular weight is 319 g/mol.